The Kier molecular flexibility index (Phi) is 5.20. The number of anilines is 1. The Morgan fingerprint density at radius 1 is 1.36 bits per heavy atom. The zero-order valence-corrected chi connectivity index (χ0v) is 13.8. The number of aryl methyl sites for hydroxylation is 1. The molecule has 0 saturated heterocycles. The van der Waals surface area contributed by atoms with Gasteiger partial charge in [-0.1, -0.05) is 19.1 Å². The molecule has 1 heterocycles. The van der Waals surface area contributed by atoms with E-state index >= 15 is 0 Å². The van der Waals surface area contributed by atoms with Gasteiger partial charge in [-0.25, -0.2) is 13.4 Å². The van der Waals surface area contributed by atoms with Crippen molar-refractivity contribution in [1.29, 1.82) is 0 Å². The summed E-state index contributed by atoms with van der Waals surface area (Å²) in [5.74, 6) is 1.51. The SMILES string of the molecule is CCc1cnc(CNC(C)c2cccc(NS(C)(=O)=O)c2)o1. The molecule has 0 aliphatic carbocycles. The largest absolute Gasteiger partial charge is 0.444 e. The molecule has 120 valence electrons. The summed E-state index contributed by atoms with van der Waals surface area (Å²) in [6.45, 7) is 4.54. The lowest BCUT2D eigenvalue weighted by atomic mass is 10.1. The third kappa shape index (κ3) is 4.85. The molecule has 1 aromatic carbocycles. The summed E-state index contributed by atoms with van der Waals surface area (Å²) in [6.07, 6.45) is 3.69. The van der Waals surface area contributed by atoms with E-state index < -0.39 is 10.0 Å². The van der Waals surface area contributed by atoms with Gasteiger partial charge in [-0.3, -0.25) is 4.72 Å². The Bertz CT molecular complexity index is 725. The fourth-order valence-electron chi connectivity index (χ4n) is 2.04. The summed E-state index contributed by atoms with van der Waals surface area (Å²) < 4.78 is 30.6. The molecule has 1 aromatic heterocycles. The molecule has 2 N–H and O–H groups in total. The van der Waals surface area contributed by atoms with E-state index in [9.17, 15) is 8.42 Å². The maximum atomic E-state index is 11.3. The molecule has 0 aliphatic heterocycles. The zero-order valence-electron chi connectivity index (χ0n) is 13.0. The van der Waals surface area contributed by atoms with E-state index in [1.54, 1.807) is 12.3 Å². The molecular formula is C15H21N3O3S. The van der Waals surface area contributed by atoms with Gasteiger partial charge in [0.2, 0.25) is 15.9 Å². The van der Waals surface area contributed by atoms with Crippen LogP contribution in [0, 0.1) is 0 Å². The number of hydrogen-bond acceptors (Lipinski definition) is 5. The molecule has 1 unspecified atom stereocenters. The highest BCUT2D eigenvalue weighted by Crippen LogP contribution is 2.18. The van der Waals surface area contributed by atoms with Crippen molar-refractivity contribution >= 4 is 15.7 Å². The highest BCUT2D eigenvalue weighted by atomic mass is 32.2. The third-order valence-corrected chi connectivity index (χ3v) is 3.81. The smallest absolute Gasteiger partial charge is 0.229 e. The molecule has 6 nitrogen and oxygen atoms in total. The van der Waals surface area contributed by atoms with E-state index in [2.05, 4.69) is 15.0 Å². The molecule has 22 heavy (non-hydrogen) atoms. The first-order chi connectivity index (χ1) is 10.4. The van der Waals surface area contributed by atoms with Crippen molar-refractivity contribution in [3.8, 4) is 0 Å². The van der Waals surface area contributed by atoms with Gasteiger partial charge in [0.25, 0.3) is 0 Å². The van der Waals surface area contributed by atoms with Crippen LogP contribution in [0.3, 0.4) is 0 Å². The van der Waals surface area contributed by atoms with E-state index in [1.807, 2.05) is 32.0 Å². The first-order valence-corrected chi connectivity index (χ1v) is 9.01. The molecule has 7 heteroatoms. The first-order valence-electron chi connectivity index (χ1n) is 7.12. The molecule has 0 fully saturated rings. The molecule has 0 radical (unpaired) electrons. The molecular weight excluding hydrogens is 302 g/mol. The summed E-state index contributed by atoms with van der Waals surface area (Å²) in [5.41, 5.74) is 1.54. The van der Waals surface area contributed by atoms with Gasteiger partial charge in [0.1, 0.15) is 5.76 Å². The topological polar surface area (TPSA) is 84.2 Å². The Labute approximate surface area is 131 Å². The van der Waals surface area contributed by atoms with Crippen molar-refractivity contribution in [3.63, 3.8) is 0 Å². The maximum Gasteiger partial charge on any atom is 0.229 e. The average Bonchev–Trinajstić information content (AvgIpc) is 2.91. The lowest BCUT2D eigenvalue weighted by Crippen LogP contribution is -2.18. The molecule has 0 aliphatic rings. The van der Waals surface area contributed by atoms with Gasteiger partial charge in [0.15, 0.2) is 0 Å². The summed E-state index contributed by atoms with van der Waals surface area (Å²) in [7, 11) is -3.27. The number of oxazole rings is 1. The fourth-order valence-corrected chi connectivity index (χ4v) is 2.59. The van der Waals surface area contributed by atoms with Crippen LogP contribution < -0.4 is 10.0 Å². The highest BCUT2D eigenvalue weighted by Gasteiger charge is 2.09. The number of sulfonamides is 1. The number of rotatable bonds is 7. The fraction of sp³-hybridized carbons (Fsp3) is 0.400. The number of aromatic nitrogens is 1. The van der Waals surface area contributed by atoms with E-state index in [0.29, 0.717) is 18.1 Å². The minimum Gasteiger partial charge on any atom is -0.444 e. The van der Waals surface area contributed by atoms with Gasteiger partial charge in [0.05, 0.1) is 19.0 Å². The maximum absolute atomic E-state index is 11.3. The molecule has 0 amide bonds. The predicted octanol–water partition coefficient (Wildman–Crippen LogP) is 2.46. The van der Waals surface area contributed by atoms with Crippen LogP contribution in [0.1, 0.15) is 37.1 Å². The molecule has 1 atom stereocenters. The van der Waals surface area contributed by atoms with Gasteiger partial charge in [-0.2, -0.15) is 0 Å². The third-order valence-electron chi connectivity index (χ3n) is 3.20. The summed E-state index contributed by atoms with van der Waals surface area (Å²) in [6, 6.07) is 7.34. The van der Waals surface area contributed by atoms with Crippen LogP contribution in [0.25, 0.3) is 0 Å². The van der Waals surface area contributed by atoms with Crippen molar-refractivity contribution in [1.82, 2.24) is 10.3 Å². The van der Waals surface area contributed by atoms with Gasteiger partial charge in [-0.15, -0.1) is 0 Å². The summed E-state index contributed by atoms with van der Waals surface area (Å²) >= 11 is 0. The molecule has 0 saturated carbocycles. The Morgan fingerprint density at radius 3 is 2.77 bits per heavy atom. The normalized spacial score (nSPS) is 13.0. The second kappa shape index (κ2) is 6.93. The number of nitrogens with one attached hydrogen (secondary N) is 2. The second-order valence-corrected chi connectivity index (χ2v) is 6.92. The van der Waals surface area contributed by atoms with Gasteiger partial charge < -0.3 is 9.73 Å². The zero-order chi connectivity index (χ0) is 16.2. The quantitative estimate of drug-likeness (QED) is 0.817. The number of benzene rings is 1. The Balaban J connectivity index is 1.99. The lowest BCUT2D eigenvalue weighted by Gasteiger charge is -2.14. The minimum atomic E-state index is -3.27. The Hall–Kier alpha value is -1.86. The van der Waals surface area contributed by atoms with Gasteiger partial charge in [0, 0.05) is 18.2 Å². The Morgan fingerprint density at radius 2 is 2.14 bits per heavy atom. The van der Waals surface area contributed by atoms with Crippen molar-refractivity contribution in [2.45, 2.75) is 32.9 Å². The van der Waals surface area contributed by atoms with Crippen LogP contribution in [-0.2, 0) is 23.0 Å². The van der Waals surface area contributed by atoms with E-state index in [4.69, 9.17) is 4.42 Å². The van der Waals surface area contributed by atoms with Crippen molar-refractivity contribution < 1.29 is 12.8 Å². The van der Waals surface area contributed by atoms with E-state index in [0.717, 1.165) is 24.0 Å². The van der Waals surface area contributed by atoms with Crippen molar-refractivity contribution in [3.05, 3.63) is 47.7 Å². The van der Waals surface area contributed by atoms with E-state index in [1.165, 1.54) is 0 Å². The predicted molar refractivity (Wildman–Crippen MR) is 86.0 cm³/mol. The lowest BCUT2D eigenvalue weighted by molar-refractivity contribution is 0.424. The molecule has 0 bridgehead atoms. The van der Waals surface area contributed by atoms with Crippen LogP contribution in [0.5, 0.6) is 0 Å². The average molecular weight is 323 g/mol. The highest BCUT2D eigenvalue weighted by molar-refractivity contribution is 7.92. The monoisotopic (exact) mass is 323 g/mol. The molecule has 0 spiro atoms. The second-order valence-electron chi connectivity index (χ2n) is 5.18. The summed E-state index contributed by atoms with van der Waals surface area (Å²) in [4.78, 5) is 4.20. The van der Waals surface area contributed by atoms with Gasteiger partial charge >= 0.3 is 0 Å². The van der Waals surface area contributed by atoms with Crippen LogP contribution in [0.2, 0.25) is 0 Å². The van der Waals surface area contributed by atoms with Crippen molar-refractivity contribution in [2.75, 3.05) is 11.0 Å². The molecule has 2 aromatic rings. The van der Waals surface area contributed by atoms with Gasteiger partial charge in [-0.05, 0) is 24.6 Å². The van der Waals surface area contributed by atoms with Crippen LogP contribution >= 0.6 is 0 Å². The molecule has 2 rings (SSSR count). The van der Waals surface area contributed by atoms with Crippen LogP contribution in [0.15, 0.2) is 34.9 Å². The van der Waals surface area contributed by atoms with Crippen LogP contribution in [0.4, 0.5) is 5.69 Å². The minimum absolute atomic E-state index is 0.0401. The van der Waals surface area contributed by atoms with E-state index in [-0.39, 0.29) is 6.04 Å². The summed E-state index contributed by atoms with van der Waals surface area (Å²) in [5, 5.41) is 3.31. The standard InChI is InChI=1S/C15H21N3O3S/c1-4-14-9-17-15(21-14)10-16-11(2)12-6-5-7-13(8-12)18-22(3,19)20/h5-9,11,16,18H,4,10H2,1-3H3. The first kappa shape index (κ1) is 16.5. The number of hydrogen-bond donors (Lipinski definition) is 2. The van der Waals surface area contributed by atoms with Crippen LogP contribution in [-0.4, -0.2) is 19.7 Å². The van der Waals surface area contributed by atoms with Crippen molar-refractivity contribution in [2.24, 2.45) is 0 Å². The number of nitrogens with zero attached hydrogens (tertiary/aromatic N) is 1.